The van der Waals surface area contributed by atoms with Gasteiger partial charge in [-0.2, -0.15) is 0 Å². The molecule has 46 unspecified atom stereocenters. The smallest absolute Gasteiger partial charge is 0.364 e. The van der Waals surface area contributed by atoms with E-state index in [0.717, 1.165) is 20.8 Å². The van der Waals surface area contributed by atoms with Crippen molar-refractivity contribution in [3.05, 3.63) is 0 Å². The molecular weight excluding hydrogens is 1550 g/mol. The van der Waals surface area contributed by atoms with Crippen molar-refractivity contribution in [2.45, 2.75) is 323 Å². The molecule has 0 spiro atoms. The Morgan fingerprint density at radius 3 is 1.32 bits per heavy atom. The number of hydrogen-bond donors (Lipinski definition) is 29. The molecule has 0 aromatic carbocycles. The van der Waals surface area contributed by atoms with Crippen LogP contribution in [0.2, 0.25) is 0 Å². The number of carbonyl (C=O) groups excluding carboxylic acids is 3. The first kappa shape index (κ1) is 93.1. The van der Waals surface area contributed by atoms with Crippen molar-refractivity contribution in [2.24, 2.45) is 0 Å². The van der Waals surface area contributed by atoms with Crippen LogP contribution in [0.5, 0.6) is 0 Å². The number of carboxylic acid groups (broad SMARTS) is 1. The van der Waals surface area contributed by atoms with Crippen LogP contribution >= 0.6 is 0 Å². The lowest BCUT2D eigenvalue weighted by Gasteiger charge is -2.51. The molecule has 0 aliphatic carbocycles. The summed E-state index contributed by atoms with van der Waals surface area (Å²) in [4.78, 5) is 51.7. The Hall–Kier alpha value is -3.80. The Morgan fingerprint density at radius 1 is 0.381 bits per heavy atom. The highest BCUT2D eigenvalue weighted by molar-refractivity contribution is 5.77. The van der Waals surface area contributed by atoms with Crippen molar-refractivity contribution in [2.75, 3.05) is 46.2 Å². The fourth-order valence-corrected chi connectivity index (χ4v) is 14.5. The van der Waals surface area contributed by atoms with E-state index in [1.165, 1.54) is 13.8 Å². The van der Waals surface area contributed by atoms with Gasteiger partial charge in [-0.3, -0.25) is 14.4 Å². The van der Waals surface area contributed by atoms with Crippen molar-refractivity contribution in [3.63, 3.8) is 0 Å². The van der Waals surface area contributed by atoms with Crippen LogP contribution < -0.4 is 16.0 Å². The minimum absolute atomic E-state index is 0.833. The summed E-state index contributed by atoms with van der Waals surface area (Å²) >= 11 is 0. The minimum Gasteiger partial charge on any atom is -0.477 e. The molecule has 9 heterocycles. The second kappa shape index (κ2) is 39.6. The zero-order valence-corrected chi connectivity index (χ0v) is 60.8. The number of aliphatic hydroxyl groups is 25. The molecule has 50 nitrogen and oxygen atoms in total. The number of carboxylic acids is 1. The number of aliphatic carboxylic acids is 1. The van der Waals surface area contributed by atoms with E-state index in [0.29, 0.717) is 0 Å². The molecule has 9 saturated heterocycles. The average molecular weight is 1660 g/mol. The number of carbonyl (C=O) groups is 4. The number of aliphatic hydroxyl groups excluding tert-OH is 25. The molecule has 29 N–H and O–H groups in total. The Labute approximate surface area is 639 Å². The summed E-state index contributed by atoms with van der Waals surface area (Å²) in [5.74, 6) is -7.94. The van der Waals surface area contributed by atoms with Crippen LogP contribution in [0.3, 0.4) is 0 Å². The normalized spacial score (nSPS) is 49.2. The first-order chi connectivity index (χ1) is 53.2. The number of hydrogen-bond acceptors (Lipinski definition) is 46. The number of nitrogens with one attached hydrogen (secondary N) is 3. The Morgan fingerprint density at radius 2 is 0.788 bits per heavy atom. The van der Waals surface area contributed by atoms with E-state index in [9.17, 15) is 152 Å². The van der Waals surface area contributed by atoms with Gasteiger partial charge in [0, 0.05) is 27.2 Å². The lowest BCUT2D eigenvalue weighted by Crippen LogP contribution is -2.71. The summed E-state index contributed by atoms with van der Waals surface area (Å²) in [5.41, 5.74) is 0. The highest BCUT2D eigenvalue weighted by atomic mass is 16.8. The predicted molar refractivity (Wildman–Crippen MR) is 346 cm³/mol. The van der Waals surface area contributed by atoms with E-state index in [-0.39, 0.29) is 0 Å². The highest BCUT2D eigenvalue weighted by Crippen LogP contribution is 2.41. The SMILES string of the molecule is CC(=O)NC1C(OC2C(O)C(COC3OC(CO)C(OC4OC(CO)C(O)C(O)C4OC4OC(C)C(O)C(O)C4O)C(OC4OC(C)C(O)C(O)C4O)C3NC(C)=O)OC(OC3C(CO)OC(O)C(O)C3O)C2O)OC(CO)C(OC2OC(COC3(C(=O)O)CC(O)C(NC(C)=O)C(C(O)C(O)CO)O3)C(O)C(O)C2O)C1O. The largest absolute Gasteiger partial charge is 0.477 e. The second-order valence-corrected chi connectivity index (χ2v) is 28.9. The van der Waals surface area contributed by atoms with Crippen LogP contribution in [-0.4, -0.2) is 484 Å². The lowest BCUT2D eigenvalue weighted by molar-refractivity contribution is -0.396. The Kier molecular flexibility index (Phi) is 32.6. The van der Waals surface area contributed by atoms with Crippen LogP contribution in [0.1, 0.15) is 41.0 Å². The first-order valence-corrected chi connectivity index (χ1v) is 36.0. The van der Waals surface area contributed by atoms with Crippen molar-refractivity contribution < 1.29 is 232 Å². The molecule has 3 amide bonds. The van der Waals surface area contributed by atoms with Gasteiger partial charge in [0.05, 0.1) is 70.6 Å². The summed E-state index contributed by atoms with van der Waals surface area (Å²) < 4.78 is 101. The maximum absolute atomic E-state index is 13.5. The number of rotatable bonds is 29. The summed E-state index contributed by atoms with van der Waals surface area (Å²) in [6, 6.07) is -5.68. The Balaban J connectivity index is 1.01. The van der Waals surface area contributed by atoms with Crippen LogP contribution in [0.25, 0.3) is 0 Å². The maximum atomic E-state index is 13.5. The van der Waals surface area contributed by atoms with Gasteiger partial charge < -0.3 is 229 Å². The second-order valence-electron chi connectivity index (χ2n) is 28.9. The van der Waals surface area contributed by atoms with E-state index in [4.69, 9.17) is 80.5 Å². The molecule has 0 aromatic rings. The van der Waals surface area contributed by atoms with Gasteiger partial charge in [-0.1, -0.05) is 0 Å². The zero-order valence-electron chi connectivity index (χ0n) is 60.8. The molecule has 9 fully saturated rings. The maximum Gasteiger partial charge on any atom is 0.364 e. The molecular formula is C63H105N3O47. The molecule has 113 heavy (non-hydrogen) atoms. The van der Waals surface area contributed by atoms with Gasteiger partial charge in [-0.05, 0) is 13.8 Å². The van der Waals surface area contributed by atoms with Crippen molar-refractivity contribution in [1.82, 2.24) is 16.0 Å². The minimum atomic E-state index is -3.07. The predicted octanol–water partition coefficient (Wildman–Crippen LogP) is -18.9. The summed E-state index contributed by atoms with van der Waals surface area (Å²) in [6.07, 6.45) is -88.3. The highest BCUT2D eigenvalue weighted by Gasteiger charge is 2.62. The monoisotopic (exact) mass is 1660 g/mol. The standard InChI is InChI=1S/C63H105N3O47/c1-14-30(77)37(84)43(90)57(99-14)110-51-29(66-18(5)74)55(103-24(11-71)49(51)109-61-53(40(87)33(80)21(8-68)102-61)112-58-44(91)38(85)31(78)15(2)100-58)97-12-25-35(82)52(46(93)60(105-25)108-48-22(9-69)101-54(94)42(89)41(48)88)111-56-28(65-17(4)73)36(83)47(23(10-70)104-56)107-59-45(92)39(86)34(81)26(106-59)13-98-63(62(95)96)6-19(75)27(64-16(3)72)50(113-63)32(79)20(76)7-67/h14-15,19-61,67-71,75-94H,6-13H2,1-5H3,(H,64,72)(H,65,73)(H,66,74)(H,95,96). The zero-order chi connectivity index (χ0) is 83.6. The third kappa shape index (κ3) is 20.3. The van der Waals surface area contributed by atoms with Crippen LogP contribution in [-0.2, 0) is 99.7 Å². The molecule has 654 valence electrons. The van der Waals surface area contributed by atoms with Crippen LogP contribution in [0.4, 0.5) is 0 Å². The molecule has 0 radical (unpaired) electrons. The third-order valence-electron chi connectivity index (χ3n) is 20.8. The molecule has 0 aromatic heterocycles. The van der Waals surface area contributed by atoms with Crippen molar-refractivity contribution in [1.29, 1.82) is 0 Å². The lowest BCUT2D eigenvalue weighted by atomic mass is 9.88. The van der Waals surface area contributed by atoms with E-state index in [2.05, 4.69) is 16.0 Å². The van der Waals surface area contributed by atoms with Crippen LogP contribution in [0, 0.1) is 0 Å². The Bertz CT molecular complexity index is 3040. The van der Waals surface area contributed by atoms with E-state index in [1.807, 2.05) is 0 Å². The van der Waals surface area contributed by atoms with Gasteiger partial charge in [-0.25, -0.2) is 4.79 Å². The number of amides is 3. The van der Waals surface area contributed by atoms with E-state index < -0.39 is 358 Å². The quantitative estimate of drug-likeness (QED) is 0.0331. The molecule has 0 saturated carbocycles. The van der Waals surface area contributed by atoms with Crippen LogP contribution in [0.15, 0.2) is 0 Å². The van der Waals surface area contributed by atoms with Gasteiger partial charge in [0.25, 0.3) is 5.79 Å². The first-order valence-electron chi connectivity index (χ1n) is 36.0. The molecule has 9 aliphatic heterocycles. The topological polar surface area (TPSA) is 787 Å². The van der Waals surface area contributed by atoms with Gasteiger partial charge >= 0.3 is 5.97 Å². The summed E-state index contributed by atoms with van der Waals surface area (Å²) in [6.45, 7) is -2.81. The molecule has 0 bridgehead atoms. The fourth-order valence-electron chi connectivity index (χ4n) is 14.5. The van der Waals surface area contributed by atoms with Gasteiger partial charge in [0.2, 0.25) is 17.7 Å². The van der Waals surface area contributed by atoms with E-state index >= 15 is 0 Å². The fraction of sp³-hybridized carbons (Fsp3) is 0.937. The van der Waals surface area contributed by atoms with E-state index in [1.54, 1.807) is 0 Å². The number of ether oxygens (including phenoxy) is 17. The summed E-state index contributed by atoms with van der Waals surface area (Å²) in [7, 11) is 0. The molecule has 9 aliphatic rings. The molecule has 50 heteroatoms. The summed E-state index contributed by atoms with van der Waals surface area (Å²) in [5, 5.41) is 293. The van der Waals surface area contributed by atoms with Gasteiger partial charge in [0.1, 0.15) is 201 Å². The third-order valence-corrected chi connectivity index (χ3v) is 20.8. The van der Waals surface area contributed by atoms with Gasteiger partial charge in [-0.15, -0.1) is 0 Å². The van der Waals surface area contributed by atoms with Gasteiger partial charge in [0.15, 0.2) is 50.3 Å². The molecule has 9 rings (SSSR count). The van der Waals surface area contributed by atoms with Crippen molar-refractivity contribution in [3.8, 4) is 0 Å². The molecule has 46 atom stereocenters. The van der Waals surface area contributed by atoms with Crippen molar-refractivity contribution >= 4 is 23.7 Å². The average Bonchev–Trinajstić information content (AvgIpc) is 0.766.